The van der Waals surface area contributed by atoms with Crippen molar-refractivity contribution in [2.75, 3.05) is 54.9 Å². The summed E-state index contributed by atoms with van der Waals surface area (Å²) >= 11 is 0. The summed E-state index contributed by atoms with van der Waals surface area (Å²) in [5.41, 5.74) is 16.2. The van der Waals surface area contributed by atoms with Crippen LogP contribution in [0.5, 0.6) is 0 Å². The van der Waals surface area contributed by atoms with Gasteiger partial charge in [-0.25, -0.2) is 4.98 Å². The molecule has 1 amide bonds. The van der Waals surface area contributed by atoms with Gasteiger partial charge in [-0.2, -0.15) is 0 Å². The number of likely N-dealkylation sites (N-methyl/N-ethyl adjacent to an activating group) is 1. The molecule has 1 aromatic heterocycles. The van der Waals surface area contributed by atoms with Gasteiger partial charge in [-0.1, -0.05) is 0 Å². The summed E-state index contributed by atoms with van der Waals surface area (Å²) in [6.07, 6.45) is 1.18. The lowest BCUT2D eigenvalue weighted by atomic mass is 10.1. The summed E-state index contributed by atoms with van der Waals surface area (Å²) in [4.78, 5) is 24.9. The Hall–Kier alpha value is -3.59. The third kappa shape index (κ3) is 3.72. The van der Waals surface area contributed by atoms with Crippen LogP contribution in [0, 0.1) is 5.41 Å². The molecular formula is C20H24N8O. The summed E-state index contributed by atoms with van der Waals surface area (Å²) in [6, 6.07) is 8.79. The summed E-state index contributed by atoms with van der Waals surface area (Å²) in [5.74, 6) is 0.0706. The van der Waals surface area contributed by atoms with Crippen molar-refractivity contribution in [1.82, 2.24) is 14.9 Å². The quantitative estimate of drug-likeness (QED) is 0.338. The number of carbonyl (C=O) groups is 1. The van der Waals surface area contributed by atoms with Crippen molar-refractivity contribution in [2.45, 2.75) is 0 Å². The van der Waals surface area contributed by atoms with Crippen LogP contribution < -0.4 is 21.7 Å². The number of hydrogen-bond acceptors (Lipinski definition) is 7. The number of amides is 1. The first-order valence-corrected chi connectivity index (χ1v) is 9.38. The van der Waals surface area contributed by atoms with Crippen molar-refractivity contribution >= 4 is 46.2 Å². The van der Waals surface area contributed by atoms with Crippen LogP contribution in [-0.2, 0) is 0 Å². The lowest BCUT2D eigenvalue weighted by Gasteiger charge is -2.35. The third-order valence-electron chi connectivity index (χ3n) is 5.21. The number of piperazine rings is 1. The minimum Gasteiger partial charge on any atom is -0.398 e. The predicted molar refractivity (Wildman–Crippen MR) is 117 cm³/mol. The number of benzene rings is 2. The first-order valence-electron chi connectivity index (χ1n) is 9.38. The summed E-state index contributed by atoms with van der Waals surface area (Å²) < 4.78 is 0. The van der Waals surface area contributed by atoms with E-state index >= 15 is 0 Å². The molecule has 0 radical (unpaired) electrons. The second kappa shape index (κ2) is 7.44. The number of H-pyrrole nitrogens is 1. The van der Waals surface area contributed by atoms with Gasteiger partial charge < -0.3 is 37.0 Å². The highest BCUT2D eigenvalue weighted by molar-refractivity contribution is 6.10. The summed E-state index contributed by atoms with van der Waals surface area (Å²) in [7, 11) is 2.09. The Morgan fingerprint density at radius 1 is 1.21 bits per heavy atom. The van der Waals surface area contributed by atoms with Gasteiger partial charge in [0.1, 0.15) is 0 Å². The first-order chi connectivity index (χ1) is 13.9. The van der Waals surface area contributed by atoms with Crippen LogP contribution in [0.2, 0.25) is 0 Å². The number of anilines is 4. The van der Waals surface area contributed by atoms with Crippen LogP contribution in [0.3, 0.4) is 0 Å². The van der Waals surface area contributed by atoms with Crippen molar-refractivity contribution in [3.63, 3.8) is 0 Å². The highest BCUT2D eigenvalue weighted by Crippen LogP contribution is 2.29. The Morgan fingerprint density at radius 2 is 1.97 bits per heavy atom. The molecule has 0 saturated carbocycles. The van der Waals surface area contributed by atoms with E-state index in [0.717, 1.165) is 37.4 Å². The molecule has 2 aromatic carbocycles. The molecule has 7 N–H and O–H groups in total. The Bertz CT molecular complexity index is 1080. The molecule has 3 aromatic rings. The molecule has 29 heavy (non-hydrogen) atoms. The number of rotatable bonds is 4. The Kier molecular flexibility index (Phi) is 4.81. The maximum atomic E-state index is 13.2. The number of fused-ring (bicyclic) bond motifs is 1. The van der Waals surface area contributed by atoms with Crippen molar-refractivity contribution in [2.24, 2.45) is 0 Å². The van der Waals surface area contributed by atoms with E-state index in [-0.39, 0.29) is 5.91 Å². The van der Waals surface area contributed by atoms with Gasteiger partial charge in [-0.3, -0.25) is 4.79 Å². The average Bonchev–Trinajstić information content (AvgIpc) is 3.07. The highest BCUT2D eigenvalue weighted by atomic mass is 16.1. The van der Waals surface area contributed by atoms with E-state index in [4.69, 9.17) is 16.9 Å². The normalized spacial score (nSPS) is 14.9. The molecule has 0 atom stereocenters. The van der Waals surface area contributed by atoms with Gasteiger partial charge in [-0.05, 0) is 37.4 Å². The van der Waals surface area contributed by atoms with Crippen LogP contribution in [0.1, 0.15) is 15.9 Å². The van der Waals surface area contributed by atoms with Gasteiger partial charge in [0.15, 0.2) is 5.95 Å². The topological polar surface area (TPSA) is 140 Å². The van der Waals surface area contributed by atoms with E-state index in [1.165, 1.54) is 6.21 Å². The van der Waals surface area contributed by atoms with E-state index in [2.05, 4.69) is 32.1 Å². The van der Waals surface area contributed by atoms with Crippen LogP contribution in [0.4, 0.5) is 23.0 Å². The van der Waals surface area contributed by atoms with Crippen molar-refractivity contribution < 1.29 is 4.79 Å². The largest absolute Gasteiger partial charge is 0.398 e. The molecule has 0 spiro atoms. The van der Waals surface area contributed by atoms with Crippen molar-refractivity contribution in [3.8, 4) is 0 Å². The number of hydrogen-bond donors (Lipinski definition) is 5. The zero-order valence-electron chi connectivity index (χ0n) is 16.2. The molecule has 150 valence electrons. The number of nitrogen functional groups attached to an aromatic ring is 2. The van der Waals surface area contributed by atoms with E-state index in [1.807, 2.05) is 6.07 Å². The van der Waals surface area contributed by atoms with Gasteiger partial charge >= 0.3 is 0 Å². The SMILES string of the molecule is CN1CCN(c2cc3[nH]c(N)nc3cc2C(=O)Nc2ccc(C=N)c(N)c2)CC1. The number of aromatic amines is 1. The Labute approximate surface area is 168 Å². The number of nitrogens with zero attached hydrogens (tertiary/aromatic N) is 3. The smallest absolute Gasteiger partial charge is 0.257 e. The van der Waals surface area contributed by atoms with Crippen molar-refractivity contribution in [1.29, 1.82) is 5.41 Å². The fraction of sp³-hybridized carbons (Fsp3) is 0.250. The molecule has 9 nitrogen and oxygen atoms in total. The zero-order valence-corrected chi connectivity index (χ0v) is 16.2. The summed E-state index contributed by atoms with van der Waals surface area (Å²) in [6.45, 7) is 3.50. The van der Waals surface area contributed by atoms with Crippen LogP contribution in [-0.4, -0.2) is 60.2 Å². The maximum Gasteiger partial charge on any atom is 0.257 e. The van der Waals surface area contributed by atoms with Gasteiger partial charge in [0, 0.05) is 49.3 Å². The minimum atomic E-state index is -0.246. The minimum absolute atomic E-state index is 0.246. The molecule has 1 fully saturated rings. The molecule has 0 aliphatic carbocycles. The molecule has 2 heterocycles. The molecule has 1 aliphatic rings. The number of nitrogens with two attached hydrogens (primary N) is 2. The number of aromatic nitrogens is 2. The lowest BCUT2D eigenvalue weighted by Crippen LogP contribution is -2.45. The fourth-order valence-corrected chi connectivity index (χ4v) is 3.54. The Balaban J connectivity index is 1.70. The van der Waals surface area contributed by atoms with Crippen molar-refractivity contribution in [3.05, 3.63) is 41.5 Å². The van der Waals surface area contributed by atoms with E-state index < -0.39 is 0 Å². The highest BCUT2D eigenvalue weighted by Gasteiger charge is 2.22. The number of carbonyl (C=O) groups excluding carboxylic acids is 1. The third-order valence-corrected chi connectivity index (χ3v) is 5.21. The second-order valence-corrected chi connectivity index (χ2v) is 7.24. The first kappa shape index (κ1) is 18.8. The van der Waals surface area contributed by atoms with Gasteiger partial charge in [0.05, 0.1) is 22.3 Å². The molecular weight excluding hydrogens is 368 g/mol. The second-order valence-electron chi connectivity index (χ2n) is 7.24. The monoisotopic (exact) mass is 392 g/mol. The number of nitrogens with one attached hydrogen (secondary N) is 3. The van der Waals surface area contributed by atoms with Gasteiger partial charge in [-0.15, -0.1) is 0 Å². The van der Waals surface area contributed by atoms with Crippen LogP contribution >= 0.6 is 0 Å². The predicted octanol–water partition coefficient (Wildman–Crippen LogP) is 1.73. The average molecular weight is 392 g/mol. The molecule has 0 unspecified atom stereocenters. The zero-order chi connectivity index (χ0) is 20.5. The van der Waals surface area contributed by atoms with Crippen LogP contribution in [0.25, 0.3) is 11.0 Å². The lowest BCUT2D eigenvalue weighted by molar-refractivity contribution is 0.102. The van der Waals surface area contributed by atoms with Crippen LogP contribution in [0.15, 0.2) is 30.3 Å². The molecule has 0 bridgehead atoms. The molecule has 4 rings (SSSR count). The molecule has 1 aliphatic heterocycles. The number of imidazole rings is 1. The van der Waals surface area contributed by atoms with Gasteiger partial charge in [0.25, 0.3) is 5.91 Å². The molecule has 9 heteroatoms. The maximum absolute atomic E-state index is 13.2. The summed E-state index contributed by atoms with van der Waals surface area (Å²) in [5, 5.41) is 10.3. The Morgan fingerprint density at radius 3 is 2.66 bits per heavy atom. The van der Waals surface area contributed by atoms with E-state index in [9.17, 15) is 4.79 Å². The van der Waals surface area contributed by atoms with E-state index in [0.29, 0.717) is 34.0 Å². The van der Waals surface area contributed by atoms with Gasteiger partial charge in [0.2, 0.25) is 0 Å². The standard InChI is InChI=1S/C20H24N8O/c1-27-4-6-28(7-5-27)18-10-17-16(25-20(23)26-17)9-14(18)19(29)24-13-3-2-12(11-21)15(22)8-13/h2-3,8-11,21H,4-7,22H2,1H3,(H,24,29)(H3,23,25,26). The molecule has 1 saturated heterocycles. The fourth-order valence-electron chi connectivity index (χ4n) is 3.54. The van der Waals surface area contributed by atoms with E-state index in [1.54, 1.807) is 24.3 Å².